The van der Waals surface area contributed by atoms with E-state index >= 15 is 0 Å². The summed E-state index contributed by atoms with van der Waals surface area (Å²) in [6, 6.07) is 20.1. The van der Waals surface area contributed by atoms with Gasteiger partial charge in [0.1, 0.15) is 6.33 Å². The highest BCUT2D eigenvalue weighted by molar-refractivity contribution is 5.72. The van der Waals surface area contributed by atoms with Gasteiger partial charge in [0.05, 0.1) is 23.0 Å². The van der Waals surface area contributed by atoms with Crippen LogP contribution in [0.3, 0.4) is 0 Å². The van der Waals surface area contributed by atoms with Crippen LogP contribution in [0.15, 0.2) is 61.1 Å². The Kier molecular flexibility index (Phi) is 5.82. The first-order valence-electron chi connectivity index (χ1n) is 12.9. The zero-order valence-corrected chi connectivity index (χ0v) is 20.9. The highest BCUT2D eigenvalue weighted by Crippen LogP contribution is 2.35. The van der Waals surface area contributed by atoms with Gasteiger partial charge in [0, 0.05) is 49.2 Å². The Labute approximate surface area is 212 Å². The molecular weight excluding hydrogens is 446 g/mol. The summed E-state index contributed by atoms with van der Waals surface area (Å²) in [6.45, 7) is 7.43. The quantitative estimate of drug-likeness (QED) is 0.386. The molecule has 0 saturated carbocycles. The maximum atomic E-state index is 9.14. The largest absolute Gasteiger partial charge is 0.371 e. The number of rotatable bonds is 5. The Morgan fingerprint density at radius 2 is 1.89 bits per heavy atom. The van der Waals surface area contributed by atoms with E-state index in [0.717, 1.165) is 48.0 Å². The maximum absolute atomic E-state index is 9.14. The van der Waals surface area contributed by atoms with E-state index in [0.29, 0.717) is 17.6 Å². The van der Waals surface area contributed by atoms with Gasteiger partial charge < -0.3 is 14.8 Å². The number of hydrogen-bond acceptors (Lipinski definition) is 5. The van der Waals surface area contributed by atoms with Crippen molar-refractivity contribution < 1.29 is 0 Å². The molecule has 1 fully saturated rings. The summed E-state index contributed by atoms with van der Waals surface area (Å²) in [4.78, 5) is 2.52. The van der Waals surface area contributed by atoms with Gasteiger partial charge >= 0.3 is 0 Å². The lowest BCUT2D eigenvalue weighted by Crippen LogP contribution is -2.45. The minimum absolute atomic E-state index is 0.581. The van der Waals surface area contributed by atoms with Crippen molar-refractivity contribution in [2.75, 3.05) is 18.0 Å². The van der Waals surface area contributed by atoms with Crippen molar-refractivity contribution in [3.8, 4) is 34.4 Å². The Bertz CT molecular complexity index is 1410. The predicted octanol–water partition coefficient (Wildman–Crippen LogP) is 4.99. The van der Waals surface area contributed by atoms with Crippen LogP contribution in [0.2, 0.25) is 0 Å². The lowest BCUT2D eigenvalue weighted by atomic mass is 10.0. The zero-order valence-electron chi connectivity index (χ0n) is 20.9. The first-order valence-corrected chi connectivity index (χ1v) is 12.9. The van der Waals surface area contributed by atoms with Crippen molar-refractivity contribution >= 4 is 5.69 Å². The fraction of sp³-hybridized carbons (Fsp3) is 0.345. The molecule has 4 aromatic rings. The van der Waals surface area contributed by atoms with Crippen molar-refractivity contribution in [2.45, 2.75) is 51.7 Å². The number of hydrogen-bond donors (Lipinski definition) is 1. The Balaban J connectivity index is 1.30. The topological polar surface area (TPSA) is 74.7 Å². The molecule has 36 heavy (non-hydrogen) atoms. The van der Waals surface area contributed by atoms with Gasteiger partial charge in [0.25, 0.3) is 0 Å². The molecule has 2 aliphatic heterocycles. The lowest BCUT2D eigenvalue weighted by Gasteiger charge is -2.35. The van der Waals surface area contributed by atoms with Crippen molar-refractivity contribution in [1.82, 2.24) is 24.6 Å². The molecule has 6 rings (SSSR count). The SMILES string of the molecule is CC[C@@H](C)NC1CCN(c2ccc3c(c2)Cn2cc(-c4ccc(C#N)cc4)cc2-c2nncn2-3)CC1. The summed E-state index contributed by atoms with van der Waals surface area (Å²) in [5, 5.41) is 21.6. The minimum Gasteiger partial charge on any atom is -0.371 e. The van der Waals surface area contributed by atoms with E-state index in [1.54, 1.807) is 0 Å². The first kappa shape index (κ1) is 22.6. The number of piperidine rings is 1. The van der Waals surface area contributed by atoms with Gasteiger partial charge in [-0.05, 0) is 73.7 Å². The monoisotopic (exact) mass is 477 g/mol. The normalized spacial score (nSPS) is 16.0. The summed E-state index contributed by atoms with van der Waals surface area (Å²) < 4.78 is 4.37. The number of nitrogens with one attached hydrogen (secondary N) is 1. The third-order valence-electron chi connectivity index (χ3n) is 7.68. The molecule has 4 heterocycles. The van der Waals surface area contributed by atoms with E-state index in [9.17, 15) is 0 Å². The van der Waals surface area contributed by atoms with E-state index < -0.39 is 0 Å². The van der Waals surface area contributed by atoms with Crippen LogP contribution >= 0.6 is 0 Å². The van der Waals surface area contributed by atoms with Crippen LogP contribution in [0.4, 0.5) is 5.69 Å². The molecule has 7 nitrogen and oxygen atoms in total. The molecule has 1 saturated heterocycles. The van der Waals surface area contributed by atoms with Crippen LogP contribution < -0.4 is 10.2 Å². The van der Waals surface area contributed by atoms with E-state index in [2.05, 4.69) is 79.9 Å². The third kappa shape index (κ3) is 4.08. The maximum Gasteiger partial charge on any atom is 0.185 e. The summed E-state index contributed by atoms with van der Waals surface area (Å²) in [7, 11) is 0. The average molecular weight is 478 g/mol. The lowest BCUT2D eigenvalue weighted by molar-refractivity contribution is 0.372. The molecule has 2 aromatic heterocycles. The van der Waals surface area contributed by atoms with Gasteiger partial charge in [0.2, 0.25) is 0 Å². The van der Waals surface area contributed by atoms with Crippen molar-refractivity contribution in [3.63, 3.8) is 0 Å². The molecule has 182 valence electrons. The summed E-state index contributed by atoms with van der Waals surface area (Å²) >= 11 is 0. The molecule has 0 amide bonds. The average Bonchev–Trinajstić information content (AvgIpc) is 3.54. The van der Waals surface area contributed by atoms with E-state index in [4.69, 9.17) is 5.26 Å². The first-order chi connectivity index (χ1) is 17.6. The molecule has 2 aromatic carbocycles. The summed E-state index contributed by atoms with van der Waals surface area (Å²) in [5.41, 5.74) is 7.59. The van der Waals surface area contributed by atoms with Gasteiger partial charge in [-0.1, -0.05) is 19.1 Å². The van der Waals surface area contributed by atoms with Gasteiger partial charge in [0.15, 0.2) is 5.82 Å². The molecule has 0 spiro atoms. The van der Waals surface area contributed by atoms with Crippen molar-refractivity contribution in [3.05, 3.63) is 72.2 Å². The third-order valence-corrected chi connectivity index (χ3v) is 7.68. The van der Waals surface area contributed by atoms with Crippen LogP contribution in [0.25, 0.3) is 28.3 Å². The number of fused-ring (bicyclic) bond motifs is 5. The molecule has 0 radical (unpaired) electrons. The summed E-state index contributed by atoms with van der Waals surface area (Å²) in [6.07, 6.45) is 7.51. The fourth-order valence-electron chi connectivity index (χ4n) is 5.45. The number of nitrogens with zero attached hydrogens (tertiary/aromatic N) is 6. The zero-order chi connectivity index (χ0) is 24.6. The number of anilines is 1. The highest BCUT2D eigenvalue weighted by Gasteiger charge is 2.24. The fourth-order valence-corrected chi connectivity index (χ4v) is 5.45. The van der Waals surface area contributed by atoms with Crippen LogP contribution in [0.5, 0.6) is 0 Å². The van der Waals surface area contributed by atoms with Crippen molar-refractivity contribution in [1.29, 1.82) is 5.26 Å². The van der Waals surface area contributed by atoms with Gasteiger partial charge in [-0.15, -0.1) is 10.2 Å². The summed E-state index contributed by atoms with van der Waals surface area (Å²) in [5.74, 6) is 0.846. The van der Waals surface area contributed by atoms with Gasteiger partial charge in [-0.3, -0.25) is 4.57 Å². The van der Waals surface area contributed by atoms with Crippen LogP contribution in [0.1, 0.15) is 44.2 Å². The highest BCUT2D eigenvalue weighted by atomic mass is 15.3. The molecule has 0 bridgehead atoms. The number of benzene rings is 2. The van der Waals surface area contributed by atoms with E-state index in [1.165, 1.54) is 30.5 Å². The van der Waals surface area contributed by atoms with Crippen LogP contribution in [-0.4, -0.2) is 44.5 Å². The Hall–Kier alpha value is -3.89. The molecule has 1 N–H and O–H groups in total. The van der Waals surface area contributed by atoms with Gasteiger partial charge in [-0.2, -0.15) is 5.26 Å². The molecule has 0 aliphatic carbocycles. The van der Waals surface area contributed by atoms with Crippen molar-refractivity contribution in [2.24, 2.45) is 0 Å². The smallest absolute Gasteiger partial charge is 0.185 e. The Morgan fingerprint density at radius 3 is 2.64 bits per heavy atom. The van der Waals surface area contributed by atoms with E-state index in [1.807, 2.05) is 30.6 Å². The van der Waals surface area contributed by atoms with Gasteiger partial charge in [-0.25, -0.2) is 0 Å². The number of aromatic nitrogens is 4. The molecular formula is C29H31N7. The second-order valence-electron chi connectivity index (χ2n) is 10.0. The van der Waals surface area contributed by atoms with Crippen LogP contribution in [-0.2, 0) is 6.54 Å². The molecule has 2 aliphatic rings. The second-order valence-corrected chi connectivity index (χ2v) is 10.0. The second kappa shape index (κ2) is 9.29. The number of nitriles is 1. The minimum atomic E-state index is 0.581. The molecule has 0 unspecified atom stereocenters. The van der Waals surface area contributed by atoms with E-state index in [-0.39, 0.29) is 0 Å². The molecule has 1 atom stereocenters. The Morgan fingerprint density at radius 1 is 1.08 bits per heavy atom. The predicted molar refractivity (Wildman–Crippen MR) is 142 cm³/mol. The molecule has 7 heteroatoms. The standard InChI is InChI=1S/C29H31N7/c1-3-20(2)32-25-10-12-34(13-11-25)26-8-9-27-24(14-26)18-35-17-23(22-6-4-21(16-30)5-7-22)15-28(35)29-33-31-19-36(27)29/h4-9,14-15,17,19-20,25,32H,3,10-13,18H2,1-2H3/t20-/m1/s1. The van der Waals surface area contributed by atoms with Crippen LogP contribution in [0, 0.1) is 11.3 Å².